The smallest absolute Gasteiger partial charge is 0.252 e. The van der Waals surface area contributed by atoms with Crippen molar-refractivity contribution < 1.29 is 4.79 Å². The van der Waals surface area contributed by atoms with Gasteiger partial charge in [-0.2, -0.15) is 0 Å². The predicted molar refractivity (Wildman–Crippen MR) is 112 cm³/mol. The molecule has 0 radical (unpaired) electrons. The average Bonchev–Trinajstić information content (AvgIpc) is 3.10. The summed E-state index contributed by atoms with van der Waals surface area (Å²) in [6.07, 6.45) is 3.81. The molecule has 1 saturated heterocycles. The minimum atomic E-state index is -0.235. The zero-order chi connectivity index (χ0) is 20.4. The number of aromatic amines is 1. The van der Waals surface area contributed by atoms with Crippen molar-refractivity contribution in [3.8, 4) is 0 Å². The number of hydrogen-bond acceptors (Lipinski definition) is 5. The molecule has 0 spiro atoms. The lowest BCUT2D eigenvalue weighted by molar-refractivity contribution is -0.117. The topological polar surface area (TPSA) is 91.0 Å². The Balaban J connectivity index is 1.54. The fourth-order valence-electron chi connectivity index (χ4n) is 3.62. The Morgan fingerprint density at radius 1 is 1.21 bits per heavy atom. The molecule has 7 nitrogen and oxygen atoms in total. The third kappa shape index (κ3) is 4.03. The third-order valence-corrected chi connectivity index (χ3v) is 5.35. The molecule has 0 aliphatic carbocycles. The minimum Gasteiger partial charge on any atom is -0.352 e. The zero-order valence-electron chi connectivity index (χ0n) is 16.5. The molecule has 1 fully saturated rings. The van der Waals surface area contributed by atoms with Gasteiger partial charge in [-0.1, -0.05) is 18.2 Å². The van der Waals surface area contributed by atoms with E-state index in [0.29, 0.717) is 31.2 Å². The van der Waals surface area contributed by atoms with Crippen molar-refractivity contribution in [3.63, 3.8) is 0 Å². The van der Waals surface area contributed by atoms with E-state index in [4.69, 9.17) is 0 Å². The molecule has 7 heteroatoms. The first-order chi connectivity index (χ1) is 14.0. The summed E-state index contributed by atoms with van der Waals surface area (Å²) in [5.41, 5.74) is 4.55. The largest absolute Gasteiger partial charge is 0.352 e. The summed E-state index contributed by atoms with van der Waals surface area (Å²) in [5, 5.41) is 3.13. The van der Waals surface area contributed by atoms with Gasteiger partial charge in [-0.05, 0) is 42.7 Å². The van der Waals surface area contributed by atoms with Crippen LogP contribution in [0, 0.1) is 13.8 Å². The lowest BCUT2D eigenvalue weighted by atomic mass is 10.0. The normalized spacial score (nSPS) is 16.3. The fraction of sp³-hybridized carbons (Fsp3) is 0.273. The predicted octanol–water partition coefficient (Wildman–Crippen LogP) is 2.91. The molecule has 4 rings (SSSR count). The number of nitrogens with one attached hydrogen (secondary N) is 2. The van der Waals surface area contributed by atoms with Crippen LogP contribution >= 0.6 is 0 Å². The van der Waals surface area contributed by atoms with Gasteiger partial charge >= 0.3 is 0 Å². The molecular weight excluding hydrogens is 366 g/mol. The highest BCUT2D eigenvalue weighted by Gasteiger charge is 2.33. The van der Waals surface area contributed by atoms with E-state index < -0.39 is 0 Å². The van der Waals surface area contributed by atoms with Crippen LogP contribution in [0.1, 0.15) is 34.7 Å². The number of pyridine rings is 1. The number of carbonyl (C=O) groups is 1. The second kappa shape index (κ2) is 7.87. The molecule has 0 unspecified atom stereocenters. The van der Waals surface area contributed by atoms with E-state index in [0.717, 1.165) is 22.4 Å². The maximum atomic E-state index is 12.7. The number of carbonyl (C=O) groups excluding carboxylic acids is 1. The highest BCUT2D eigenvalue weighted by molar-refractivity contribution is 5.97. The lowest BCUT2D eigenvalue weighted by Crippen LogP contribution is -2.25. The molecule has 2 N–H and O–H groups in total. The number of benzene rings is 1. The molecular formula is C22H23N5O2. The van der Waals surface area contributed by atoms with E-state index in [-0.39, 0.29) is 17.4 Å². The Morgan fingerprint density at radius 3 is 2.86 bits per heavy atom. The van der Waals surface area contributed by atoms with Crippen LogP contribution in [0.4, 0.5) is 11.6 Å². The van der Waals surface area contributed by atoms with Gasteiger partial charge in [0.25, 0.3) is 5.56 Å². The van der Waals surface area contributed by atoms with E-state index in [1.165, 1.54) is 6.07 Å². The SMILES string of the molecule is Cc1cccc(N2C[C@H](c3cc(=O)[nH]c(NCc4cccnc4)n3)CC2=O)c1C. The number of anilines is 2. The molecule has 1 aromatic carbocycles. The summed E-state index contributed by atoms with van der Waals surface area (Å²) in [6.45, 7) is 5.08. The van der Waals surface area contributed by atoms with E-state index in [2.05, 4.69) is 20.3 Å². The van der Waals surface area contributed by atoms with Crippen LogP contribution in [-0.4, -0.2) is 27.4 Å². The Kier molecular flexibility index (Phi) is 5.12. The van der Waals surface area contributed by atoms with Gasteiger partial charge < -0.3 is 10.2 Å². The van der Waals surface area contributed by atoms with E-state index in [9.17, 15) is 9.59 Å². The van der Waals surface area contributed by atoms with Gasteiger partial charge in [-0.3, -0.25) is 19.6 Å². The lowest BCUT2D eigenvalue weighted by Gasteiger charge is -2.20. The van der Waals surface area contributed by atoms with Crippen molar-refractivity contribution in [2.45, 2.75) is 32.7 Å². The maximum Gasteiger partial charge on any atom is 0.252 e. The first-order valence-corrected chi connectivity index (χ1v) is 9.62. The first-order valence-electron chi connectivity index (χ1n) is 9.62. The molecule has 148 valence electrons. The molecule has 3 aromatic rings. The van der Waals surface area contributed by atoms with Gasteiger partial charge in [0.2, 0.25) is 11.9 Å². The summed E-state index contributed by atoms with van der Waals surface area (Å²) in [6, 6.07) is 11.3. The molecule has 0 bridgehead atoms. The monoisotopic (exact) mass is 389 g/mol. The summed E-state index contributed by atoms with van der Waals surface area (Å²) >= 11 is 0. The Bertz CT molecular complexity index is 1090. The van der Waals surface area contributed by atoms with Crippen molar-refractivity contribution in [3.05, 3.63) is 81.5 Å². The molecule has 0 saturated carbocycles. The summed E-state index contributed by atoms with van der Waals surface area (Å²) in [5.74, 6) is 0.327. The van der Waals surface area contributed by atoms with Crippen molar-refractivity contribution in [2.24, 2.45) is 0 Å². The number of nitrogens with zero attached hydrogens (tertiary/aromatic N) is 3. The standard InChI is InChI=1S/C22H23N5O2/c1-14-5-3-7-19(15(14)2)27-13-17(9-21(27)29)18-10-20(28)26-22(25-18)24-12-16-6-4-8-23-11-16/h3-8,10-11,17H,9,12-13H2,1-2H3,(H2,24,25,26,28)/t17-/m1/s1. The Labute approximate surface area is 168 Å². The van der Waals surface area contributed by atoms with E-state index in [1.54, 1.807) is 17.3 Å². The highest BCUT2D eigenvalue weighted by Crippen LogP contribution is 2.33. The van der Waals surface area contributed by atoms with Crippen molar-refractivity contribution in [1.82, 2.24) is 15.0 Å². The molecule has 2 aromatic heterocycles. The molecule has 1 aliphatic heterocycles. The third-order valence-electron chi connectivity index (χ3n) is 5.35. The first kappa shape index (κ1) is 18.9. The second-order valence-corrected chi connectivity index (χ2v) is 7.36. The summed E-state index contributed by atoms with van der Waals surface area (Å²) in [4.78, 5) is 38.0. The number of aromatic nitrogens is 3. The van der Waals surface area contributed by atoms with E-state index >= 15 is 0 Å². The van der Waals surface area contributed by atoms with Gasteiger partial charge in [0, 0.05) is 49.6 Å². The van der Waals surface area contributed by atoms with Gasteiger partial charge in [0.05, 0.1) is 5.69 Å². The number of rotatable bonds is 5. The maximum absolute atomic E-state index is 12.7. The molecule has 3 heterocycles. The molecule has 29 heavy (non-hydrogen) atoms. The van der Waals surface area contributed by atoms with Crippen molar-refractivity contribution in [2.75, 3.05) is 16.8 Å². The molecule has 1 amide bonds. The highest BCUT2D eigenvalue weighted by atomic mass is 16.2. The van der Waals surface area contributed by atoms with Crippen LogP contribution in [0.3, 0.4) is 0 Å². The Morgan fingerprint density at radius 2 is 2.07 bits per heavy atom. The quantitative estimate of drug-likeness (QED) is 0.700. The summed E-state index contributed by atoms with van der Waals surface area (Å²) < 4.78 is 0. The molecule has 1 atom stereocenters. The zero-order valence-corrected chi connectivity index (χ0v) is 16.5. The van der Waals surface area contributed by atoms with Crippen LogP contribution in [0.15, 0.2) is 53.6 Å². The number of aryl methyl sites for hydroxylation is 1. The van der Waals surface area contributed by atoms with Gasteiger partial charge in [-0.25, -0.2) is 4.98 Å². The van der Waals surface area contributed by atoms with Crippen molar-refractivity contribution >= 4 is 17.5 Å². The second-order valence-electron chi connectivity index (χ2n) is 7.36. The van der Waals surface area contributed by atoms with Crippen LogP contribution < -0.4 is 15.8 Å². The summed E-state index contributed by atoms with van der Waals surface area (Å²) in [7, 11) is 0. The van der Waals surface area contributed by atoms with Gasteiger partial charge in [-0.15, -0.1) is 0 Å². The molecule has 1 aliphatic rings. The minimum absolute atomic E-state index is 0.0515. The average molecular weight is 389 g/mol. The van der Waals surface area contributed by atoms with Crippen LogP contribution in [-0.2, 0) is 11.3 Å². The van der Waals surface area contributed by atoms with Crippen molar-refractivity contribution in [1.29, 1.82) is 0 Å². The Hall–Kier alpha value is -3.48. The fourth-order valence-corrected chi connectivity index (χ4v) is 3.62. The van der Waals surface area contributed by atoms with E-state index in [1.807, 2.05) is 44.2 Å². The van der Waals surface area contributed by atoms with Crippen LogP contribution in [0.25, 0.3) is 0 Å². The van der Waals surface area contributed by atoms with Gasteiger partial charge in [0.15, 0.2) is 0 Å². The number of amides is 1. The van der Waals surface area contributed by atoms with Crippen LogP contribution in [0.5, 0.6) is 0 Å². The van der Waals surface area contributed by atoms with Gasteiger partial charge in [0.1, 0.15) is 0 Å². The number of hydrogen-bond donors (Lipinski definition) is 2. The van der Waals surface area contributed by atoms with Crippen LogP contribution in [0.2, 0.25) is 0 Å². The number of H-pyrrole nitrogens is 1.